The molecule has 2 aromatic carbocycles. The number of carbonyl (C=O) groups excluding carboxylic acids is 1. The topological polar surface area (TPSA) is 94.6 Å². The Hall–Kier alpha value is -3.16. The highest BCUT2D eigenvalue weighted by atomic mass is 16.7. The van der Waals surface area contributed by atoms with Gasteiger partial charge in [0, 0.05) is 6.42 Å². The Kier molecular flexibility index (Phi) is 4.38. The van der Waals surface area contributed by atoms with Crippen LogP contribution >= 0.6 is 0 Å². The zero-order chi connectivity index (χ0) is 20.9. The standard InChI is InChI=1S/C23H20O7/c1-27-22(26)17-16(21(24)25)18-19-20(29-19)23(17,30-18)15(12-13-8-4-2-5-9-13)28-14-10-6-3-7-11-14/h2-11,15,18-20H,12H2,1H3,(H,24,25). The Bertz CT molecular complexity index is 975. The van der Waals surface area contributed by atoms with Gasteiger partial charge in [0.25, 0.3) is 0 Å². The molecule has 0 amide bonds. The molecule has 7 heteroatoms. The molecule has 1 N–H and O–H groups in total. The molecule has 154 valence electrons. The van der Waals surface area contributed by atoms with Crippen LogP contribution in [-0.4, -0.2) is 54.2 Å². The van der Waals surface area contributed by atoms with Crippen molar-refractivity contribution in [1.29, 1.82) is 0 Å². The third kappa shape index (κ3) is 2.74. The molecule has 5 atom stereocenters. The van der Waals surface area contributed by atoms with Crippen molar-refractivity contribution < 1.29 is 33.6 Å². The molecule has 7 nitrogen and oxygen atoms in total. The van der Waals surface area contributed by atoms with Gasteiger partial charge in [-0.1, -0.05) is 48.5 Å². The Balaban J connectivity index is 1.63. The molecular weight excluding hydrogens is 388 g/mol. The Morgan fingerprint density at radius 1 is 1.10 bits per heavy atom. The monoisotopic (exact) mass is 408 g/mol. The van der Waals surface area contributed by atoms with Gasteiger partial charge in [-0.05, 0) is 17.7 Å². The van der Waals surface area contributed by atoms with E-state index in [4.69, 9.17) is 18.9 Å². The summed E-state index contributed by atoms with van der Waals surface area (Å²) in [6.07, 6.45) is -1.99. The predicted molar refractivity (Wildman–Crippen MR) is 104 cm³/mol. The maximum Gasteiger partial charge on any atom is 0.337 e. The average Bonchev–Trinajstić information content (AvgIpc) is 3.42. The third-order valence-electron chi connectivity index (χ3n) is 5.90. The SMILES string of the molecule is COC(=O)C1=C(C(=O)O)C2OC1(C(Cc1ccccc1)Oc1ccccc1)C1OC21. The molecule has 2 aromatic rings. The number of esters is 1. The highest BCUT2D eigenvalue weighted by Gasteiger charge is 2.78. The second kappa shape index (κ2) is 6.97. The van der Waals surface area contributed by atoms with Crippen LogP contribution in [0, 0.1) is 0 Å². The van der Waals surface area contributed by atoms with Gasteiger partial charge in [-0.3, -0.25) is 0 Å². The summed E-state index contributed by atoms with van der Waals surface area (Å²) in [5.41, 5.74) is -0.513. The van der Waals surface area contributed by atoms with Gasteiger partial charge >= 0.3 is 11.9 Å². The number of para-hydroxylation sites is 1. The highest BCUT2D eigenvalue weighted by molar-refractivity contribution is 6.04. The van der Waals surface area contributed by atoms with E-state index < -0.39 is 42.0 Å². The van der Waals surface area contributed by atoms with E-state index in [1.807, 2.05) is 48.5 Å². The van der Waals surface area contributed by atoms with Crippen molar-refractivity contribution in [2.45, 2.75) is 36.4 Å². The quantitative estimate of drug-likeness (QED) is 0.554. The van der Waals surface area contributed by atoms with Crippen molar-refractivity contribution in [3.63, 3.8) is 0 Å². The van der Waals surface area contributed by atoms with Crippen LogP contribution in [0.5, 0.6) is 5.75 Å². The molecule has 0 radical (unpaired) electrons. The number of aliphatic carboxylic acids is 1. The van der Waals surface area contributed by atoms with E-state index in [9.17, 15) is 14.7 Å². The van der Waals surface area contributed by atoms with Gasteiger partial charge in [0.1, 0.15) is 30.2 Å². The number of epoxide rings is 1. The molecule has 0 aromatic heterocycles. The summed E-state index contributed by atoms with van der Waals surface area (Å²) in [6.45, 7) is 0. The number of hydrogen-bond acceptors (Lipinski definition) is 6. The average molecular weight is 408 g/mol. The van der Waals surface area contributed by atoms with Crippen LogP contribution in [-0.2, 0) is 30.2 Å². The maximum absolute atomic E-state index is 12.8. The molecule has 2 bridgehead atoms. The first-order valence-corrected chi connectivity index (χ1v) is 9.71. The number of benzene rings is 2. The number of hydrogen-bond donors (Lipinski definition) is 1. The zero-order valence-electron chi connectivity index (χ0n) is 16.2. The smallest absolute Gasteiger partial charge is 0.337 e. The summed E-state index contributed by atoms with van der Waals surface area (Å²) >= 11 is 0. The van der Waals surface area contributed by atoms with Crippen molar-refractivity contribution >= 4 is 11.9 Å². The Morgan fingerprint density at radius 3 is 2.40 bits per heavy atom. The lowest BCUT2D eigenvalue weighted by molar-refractivity contribution is -0.144. The van der Waals surface area contributed by atoms with Crippen LogP contribution < -0.4 is 4.74 Å². The van der Waals surface area contributed by atoms with E-state index in [0.29, 0.717) is 12.2 Å². The Labute approximate surface area is 172 Å². The van der Waals surface area contributed by atoms with E-state index >= 15 is 0 Å². The summed E-state index contributed by atoms with van der Waals surface area (Å²) in [7, 11) is 1.23. The molecule has 3 heterocycles. The fourth-order valence-electron chi connectivity index (χ4n) is 4.61. The molecule has 2 saturated heterocycles. The van der Waals surface area contributed by atoms with Gasteiger partial charge < -0.3 is 24.1 Å². The highest BCUT2D eigenvalue weighted by Crippen LogP contribution is 2.60. The van der Waals surface area contributed by atoms with E-state index in [2.05, 4.69) is 0 Å². The molecular formula is C23H20O7. The van der Waals surface area contributed by atoms with Crippen LogP contribution in [0.15, 0.2) is 71.8 Å². The molecule has 30 heavy (non-hydrogen) atoms. The van der Waals surface area contributed by atoms with Crippen LogP contribution in [0.3, 0.4) is 0 Å². The molecule has 0 saturated carbocycles. The van der Waals surface area contributed by atoms with Gasteiger partial charge in [-0.25, -0.2) is 9.59 Å². The first kappa shape index (κ1) is 18.8. The summed E-state index contributed by atoms with van der Waals surface area (Å²) in [6, 6.07) is 18.8. The fourth-order valence-corrected chi connectivity index (χ4v) is 4.61. The lowest BCUT2D eigenvalue weighted by atomic mass is 9.76. The maximum atomic E-state index is 12.8. The fraction of sp³-hybridized carbons (Fsp3) is 0.304. The summed E-state index contributed by atoms with van der Waals surface area (Å²) in [5.74, 6) is -1.36. The molecule has 2 fully saturated rings. The lowest BCUT2D eigenvalue weighted by Crippen LogP contribution is -2.54. The molecule has 0 spiro atoms. The van der Waals surface area contributed by atoms with Crippen LogP contribution in [0.4, 0.5) is 0 Å². The summed E-state index contributed by atoms with van der Waals surface area (Å²) in [5, 5.41) is 9.82. The van der Waals surface area contributed by atoms with Crippen molar-refractivity contribution in [3.05, 3.63) is 77.4 Å². The van der Waals surface area contributed by atoms with Crippen LogP contribution in [0.25, 0.3) is 0 Å². The lowest BCUT2D eigenvalue weighted by Gasteiger charge is -2.36. The second-order valence-electron chi connectivity index (χ2n) is 7.55. The number of fused-ring (bicyclic) bond motifs is 5. The van der Waals surface area contributed by atoms with E-state index in [1.54, 1.807) is 12.1 Å². The van der Waals surface area contributed by atoms with Crippen molar-refractivity contribution in [1.82, 2.24) is 0 Å². The number of methoxy groups -OCH3 is 1. The number of carboxylic acid groups (broad SMARTS) is 1. The number of ether oxygens (including phenoxy) is 4. The van der Waals surface area contributed by atoms with Gasteiger partial charge in [-0.15, -0.1) is 0 Å². The third-order valence-corrected chi connectivity index (χ3v) is 5.90. The van der Waals surface area contributed by atoms with Crippen LogP contribution in [0.1, 0.15) is 5.56 Å². The van der Waals surface area contributed by atoms with E-state index in [1.165, 1.54) is 7.11 Å². The van der Waals surface area contributed by atoms with Gasteiger partial charge in [0.15, 0.2) is 5.60 Å². The van der Waals surface area contributed by atoms with Crippen molar-refractivity contribution in [3.8, 4) is 5.75 Å². The summed E-state index contributed by atoms with van der Waals surface area (Å²) in [4.78, 5) is 24.8. The van der Waals surface area contributed by atoms with Gasteiger partial charge in [0.2, 0.25) is 0 Å². The molecule has 3 aliphatic heterocycles. The van der Waals surface area contributed by atoms with Crippen molar-refractivity contribution in [2.24, 2.45) is 0 Å². The molecule has 5 unspecified atom stereocenters. The minimum Gasteiger partial charge on any atom is -0.487 e. The van der Waals surface area contributed by atoms with Crippen LogP contribution in [0.2, 0.25) is 0 Å². The predicted octanol–water partition coefficient (Wildman–Crippen LogP) is 2.15. The molecule has 5 rings (SSSR count). The van der Waals surface area contributed by atoms with Gasteiger partial charge in [-0.2, -0.15) is 0 Å². The number of carbonyl (C=O) groups is 2. The normalized spacial score (nSPS) is 29.3. The number of rotatable bonds is 7. The van der Waals surface area contributed by atoms with Crippen molar-refractivity contribution in [2.75, 3.05) is 7.11 Å². The first-order valence-electron chi connectivity index (χ1n) is 9.71. The first-order chi connectivity index (χ1) is 14.6. The minimum atomic E-state index is -1.36. The largest absolute Gasteiger partial charge is 0.487 e. The van der Waals surface area contributed by atoms with Gasteiger partial charge in [0.05, 0.1) is 18.3 Å². The second-order valence-corrected chi connectivity index (χ2v) is 7.55. The number of carboxylic acids is 1. The summed E-state index contributed by atoms with van der Waals surface area (Å²) < 4.78 is 23.3. The minimum absolute atomic E-state index is 0.0156. The molecule has 0 aliphatic carbocycles. The molecule has 3 aliphatic rings. The zero-order valence-corrected chi connectivity index (χ0v) is 16.2. The van der Waals surface area contributed by atoms with E-state index in [-0.39, 0.29) is 11.1 Å². The Morgan fingerprint density at radius 2 is 1.77 bits per heavy atom. The van der Waals surface area contributed by atoms with E-state index in [0.717, 1.165) is 5.56 Å².